The maximum absolute atomic E-state index is 12.5. The summed E-state index contributed by atoms with van der Waals surface area (Å²) in [5.41, 5.74) is -0.129. The predicted molar refractivity (Wildman–Crippen MR) is 250 cm³/mol. The first kappa shape index (κ1) is 53.2. The molecule has 1 aromatic carbocycles. The standard InChI is InChI=1S/C26H38N2O6S.C24H41N3O4/c1-19-13-15-22(16-14-19)35(30,31)32-18-23-27-25(34-28-23)21(17-24(29)33-26(2,3)4)12-8-11-20-9-6-5-7-10-20;1-24(2,3)30-22(29)16-19(11-7-10-18-8-5-4-6-9-18)23-25-21(26-31-23)17-27-14-12-20(28)13-15-27/h13-16,20-21H,5-12,17-18H2,1-4H3;18-20,28H,4-17H2,1-3H3/t21-;19-/m11/s1. The zero-order chi connectivity index (χ0) is 47.7. The molecule has 0 amide bonds. The molecule has 2 saturated carbocycles. The fourth-order valence-electron chi connectivity index (χ4n) is 9.22. The van der Waals surface area contributed by atoms with E-state index in [1.807, 2.05) is 48.5 Å². The van der Waals surface area contributed by atoms with Crippen LogP contribution in [0.5, 0.6) is 0 Å². The Bertz CT molecular complexity index is 2000. The monoisotopic (exact) mass is 942 g/mol. The largest absolute Gasteiger partial charge is 0.460 e. The second-order valence-electron chi connectivity index (χ2n) is 21.0. The van der Waals surface area contributed by atoms with Crippen LogP contribution in [-0.2, 0) is 46.5 Å². The van der Waals surface area contributed by atoms with Gasteiger partial charge >= 0.3 is 11.9 Å². The molecule has 1 saturated heterocycles. The molecule has 2 aromatic heterocycles. The van der Waals surface area contributed by atoms with E-state index in [2.05, 4.69) is 25.2 Å². The smallest absolute Gasteiger partial charge is 0.307 e. The van der Waals surface area contributed by atoms with E-state index in [1.165, 1.54) is 82.8 Å². The summed E-state index contributed by atoms with van der Waals surface area (Å²) in [5, 5.41) is 17.8. The van der Waals surface area contributed by atoms with Crippen molar-refractivity contribution in [3.63, 3.8) is 0 Å². The number of esters is 2. The number of hydrogen-bond acceptors (Lipinski definition) is 15. The molecule has 0 bridgehead atoms. The van der Waals surface area contributed by atoms with E-state index in [9.17, 15) is 23.1 Å². The third-order valence-corrected chi connectivity index (χ3v) is 14.0. The lowest BCUT2D eigenvalue weighted by Gasteiger charge is -2.28. The quantitative estimate of drug-likeness (QED) is 0.0829. The Morgan fingerprint density at radius 1 is 0.712 bits per heavy atom. The predicted octanol–water partition coefficient (Wildman–Crippen LogP) is 10.4. The molecule has 3 aliphatic rings. The van der Waals surface area contributed by atoms with Gasteiger partial charge in [0.25, 0.3) is 10.1 Å². The Kier molecular flexibility index (Phi) is 20.6. The fourth-order valence-corrected chi connectivity index (χ4v) is 10.1. The molecule has 1 N–H and O–H groups in total. The number of aliphatic hydroxyl groups excluding tert-OH is 1. The molecule has 1 aliphatic heterocycles. The van der Waals surface area contributed by atoms with Gasteiger partial charge in [-0.1, -0.05) is 118 Å². The number of piperidine rings is 1. The summed E-state index contributed by atoms with van der Waals surface area (Å²) < 4.78 is 52.2. The van der Waals surface area contributed by atoms with Crippen molar-refractivity contribution in [1.29, 1.82) is 0 Å². The number of hydrogen-bond donors (Lipinski definition) is 1. The fraction of sp³-hybridized carbons (Fsp3) is 0.760. The highest BCUT2D eigenvalue weighted by molar-refractivity contribution is 7.86. The molecule has 0 radical (unpaired) electrons. The van der Waals surface area contributed by atoms with E-state index in [0.717, 1.165) is 75.4 Å². The average molecular weight is 942 g/mol. The molecular weight excluding hydrogens is 863 g/mol. The van der Waals surface area contributed by atoms with E-state index >= 15 is 0 Å². The molecule has 3 fully saturated rings. The number of nitrogens with zero attached hydrogens (tertiary/aromatic N) is 5. The van der Waals surface area contributed by atoms with Gasteiger partial charge < -0.3 is 23.6 Å². The third kappa shape index (κ3) is 19.5. The number of rotatable bonds is 20. The molecular formula is C50H79N5O10S. The van der Waals surface area contributed by atoms with E-state index in [4.69, 9.17) is 22.7 Å². The van der Waals surface area contributed by atoms with Crippen LogP contribution in [0.25, 0.3) is 0 Å². The van der Waals surface area contributed by atoms with Gasteiger partial charge in [0.05, 0.1) is 30.4 Å². The molecule has 3 aromatic rings. The zero-order valence-corrected chi connectivity index (χ0v) is 41.7. The van der Waals surface area contributed by atoms with Gasteiger partial charge in [-0.15, -0.1) is 0 Å². The van der Waals surface area contributed by atoms with Crippen LogP contribution < -0.4 is 0 Å². The highest BCUT2D eigenvalue weighted by Gasteiger charge is 2.29. The van der Waals surface area contributed by atoms with E-state index in [0.29, 0.717) is 24.2 Å². The number of carbonyl (C=O) groups is 2. The summed E-state index contributed by atoms with van der Waals surface area (Å²) in [6.45, 7) is 15.0. The number of ether oxygens (including phenoxy) is 2. The number of likely N-dealkylation sites (tertiary alicyclic amines) is 1. The van der Waals surface area contributed by atoms with Gasteiger partial charge in [-0.3, -0.25) is 18.7 Å². The second kappa shape index (κ2) is 25.6. The van der Waals surface area contributed by atoms with Crippen molar-refractivity contribution in [1.82, 2.24) is 25.2 Å². The summed E-state index contributed by atoms with van der Waals surface area (Å²) in [6.07, 6.45) is 20.9. The number of aliphatic hydroxyl groups is 1. The molecule has 15 nitrogen and oxygen atoms in total. The molecule has 66 heavy (non-hydrogen) atoms. The van der Waals surface area contributed by atoms with Crippen molar-refractivity contribution in [2.24, 2.45) is 11.8 Å². The third-order valence-electron chi connectivity index (χ3n) is 12.7. The van der Waals surface area contributed by atoms with Crippen LogP contribution in [0.2, 0.25) is 0 Å². The van der Waals surface area contributed by atoms with Crippen LogP contribution in [0, 0.1) is 18.8 Å². The Morgan fingerprint density at radius 2 is 1.17 bits per heavy atom. The maximum Gasteiger partial charge on any atom is 0.307 e. The molecule has 370 valence electrons. The zero-order valence-electron chi connectivity index (χ0n) is 40.9. The maximum atomic E-state index is 12.5. The lowest BCUT2D eigenvalue weighted by molar-refractivity contribution is -0.156. The molecule has 2 aliphatic carbocycles. The van der Waals surface area contributed by atoms with Crippen molar-refractivity contribution >= 4 is 22.1 Å². The minimum absolute atomic E-state index is 0.0670. The van der Waals surface area contributed by atoms with Gasteiger partial charge in [0.15, 0.2) is 11.6 Å². The second-order valence-corrected chi connectivity index (χ2v) is 22.6. The Morgan fingerprint density at radius 3 is 1.64 bits per heavy atom. The number of carbonyl (C=O) groups excluding carboxylic acids is 2. The van der Waals surface area contributed by atoms with Crippen LogP contribution in [0.1, 0.15) is 211 Å². The first-order chi connectivity index (χ1) is 31.3. The molecule has 0 unspecified atom stereocenters. The summed E-state index contributed by atoms with van der Waals surface area (Å²) in [4.78, 5) is 36.4. The van der Waals surface area contributed by atoms with Crippen LogP contribution in [-0.4, -0.2) is 81.0 Å². The molecule has 2 atom stereocenters. The Balaban J connectivity index is 0.000000249. The van der Waals surface area contributed by atoms with Gasteiger partial charge in [-0.25, -0.2) is 0 Å². The molecule has 16 heteroatoms. The van der Waals surface area contributed by atoms with E-state index < -0.39 is 21.3 Å². The van der Waals surface area contributed by atoms with Crippen molar-refractivity contribution in [2.45, 2.75) is 224 Å². The average Bonchev–Trinajstić information content (AvgIpc) is 3.93. The van der Waals surface area contributed by atoms with Gasteiger partial charge in [0.2, 0.25) is 11.8 Å². The van der Waals surface area contributed by atoms with Crippen molar-refractivity contribution in [3.05, 3.63) is 53.3 Å². The highest BCUT2D eigenvalue weighted by atomic mass is 32.2. The van der Waals surface area contributed by atoms with Gasteiger partial charge in [0.1, 0.15) is 17.8 Å². The van der Waals surface area contributed by atoms with E-state index in [1.54, 1.807) is 12.1 Å². The molecule has 0 spiro atoms. The number of aromatic nitrogens is 4. The number of aryl methyl sites for hydroxylation is 1. The van der Waals surface area contributed by atoms with Crippen LogP contribution >= 0.6 is 0 Å². The van der Waals surface area contributed by atoms with Gasteiger partial charge in [0, 0.05) is 24.9 Å². The normalized spacial score (nSPS) is 18.3. The minimum atomic E-state index is -3.95. The van der Waals surface area contributed by atoms with Crippen molar-refractivity contribution in [3.8, 4) is 0 Å². The lowest BCUT2D eigenvalue weighted by Crippen LogP contribution is -2.35. The Labute approximate surface area is 394 Å². The first-order valence-electron chi connectivity index (χ1n) is 24.8. The van der Waals surface area contributed by atoms with Crippen molar-refractivity contribution in [2.75, 3.05) is 13.1 Å². The molecule has 6 rings (SSSR count). The minimum Gasteiger partial charge on any atom is -0.460 e. The highest BCUT2D eigenvalue weighted by Crippen LogP contribution is 2.34. The van der Waals surface area contributed by atoms with Crippen molar-refractivity contribution < 1.29 is 45.8 Å². The van der Waals surface area contributed by atoms with Crippen LogP contribution in [0.4, 0.5) is 0 Å². The SMILES string of the molecule is CC(C)(C)OC(=O)C[C@@H](CCCC1CCCCC1)c1nc(CN2CCC(O)CC2)no1.Cc1ccc(S(=O)(=O)OCc2noc([C@H](CCCC3CCCCC3)CC(=O)OC(C)(C)C)n2)cc1. The summed E-state index contributed by atoms with van der Waals surface area (Å²) in [7, 11) is -3.95. The number of benzene rings is 1. The Hall–Kier alpha value is -3.73. The lowest BCUT2D eigenvalue weighted by atomic mass is 9.84. The summed E-state index contributed by atoms with van der Waals surface area (Å²) in [6, 6.07) is 6.40. The van der Waals surface area contributed by atoms with Crippen LogP contribution in [0.3, 0.4) is 0 Å². The summed E-state index contributed by atoms with van der Waals surface area (Å²) in [5.74, 6) is 2.30. The molecule has 3 heterocycles. The first-order valence-corrected chi connectivity index (χ1v) is 26.2. The topological polar surface area (TPSA) is 197 Å². The van der Waals surface area contributed by atoms with Gasteiger partial charge in [-0.2, -0.15) is 18.4 Å². The summed E-state index contributed by atoms with van der Waals surface area (Å²) >= 11 is 0. The van der Waals surface area contributed by atoms with Crippen LogP contribution in [0.15, 0.2) is 38.2 Å². The van der Waals surface area contributed by atoms with Gasteiger partial charge in [-0.05, 0) is 98.1 Å². The van der Waals surface area contributed by atoms with E-state index in [-0.39, 0.29) is 60.0 Å².